The number of hydrogen-bond donors (Lipinski definition) is 0. The van der Waals surface area contributed by atoms with E-state index >= 15 is 0 Å². The fourth-order valence-electron chi connectivity index (χ4n) is 4.64. The average molecular weight is 493 g/mol. The molecule has 0 aliphatic carbocycles. The first-order chi connectivity index (χ1) is 16.8. The normalized spacial score (nSPS) is 18.9. The van der Waals surface area contributed by atoms with E-state index in [4.69, 9.17) is 9.47 Å². The summed E-state index contributed by atoms with van der Waals surface area (Å²) in [6.07, 6.45) is -0.465. The predicted octanol–water partition coefficient (Wildman–Crippen LogP) is 3.41. The van der Waals surface area contributed by atoms with Gasteiger partial charge in [0.15, 0.2) is 0 Å². The Hall–Kier alpha value is -3.85. The first-order valence-electron chi connectivity index (χ1n) is 11.2. The molecule has 0 spiro atoms. The maximum Gasteiger partial charge on any atom is 0.348 e. The van der Waals surface area contributed by atoms with Crippen molar-refractivity contribution in [2.45, 2.75) is 30.4 Å². The number of rotatable bonds is 4. The van der Waals surface area contributed by atoms with Crippen molar-refractivity contribution in [1.29, 1.82) is 0 Å². The highest BCUT2D eigenvalue weighted by Crippen LogP contribution is 2.39. The maximum absolute atomic E-state index is 13.6. The van der Waals surface area contributed by atoms with Crippen LogP contribution in [0.3, 0.4) is 0 Å². The smallest absolute Gasteiger partial charge is 0.348 e. The van der Waals surface area contributed by atoms with Crippen LogP contribution in [-0.4, -0.2) is 46.1 Å². The van der Waals surface area contributed by atoms with Crippen molar-refractivity contribution in [3.05, 3.63) is 83.9 Å². The van der Waals surface area contributed by atoms with Crippen LogP contribution in [0.15, 0.2) is 77.7 Å². The maximum atomic E-state index is 13.6. The summed E-state index contributed by atoms with van der Waals surface area (Å²) >= 11 is 0. The molecule has 1 amide bonds. The molecule has 9 heteroatoms. The van der Waals surface area contributed by atoms with Gasteiger partial charge >= 0.3 is 5.97 Å². The summed E-state index contributed by atoms with van der Waals surface area (Å²) in [4.78, 5) is 27.5. The number of esters is 1. The zero-order valence-electron chi connectivity index (χ0n) is 19.2. The Morgan fingerprint density at radius 3 is 2.43 bits per heavy atom. The molecule has 0 bridgehead atoms. The molecule has 35 heavy (non-hydrogen) atoms. The molecule has 0 saturated heterocycles. The molecule has 2 aliphatic rings. The lowest BCUT2D eigenvalue weighted by Crippen LogP contribution is -2.47. The van der Waals surface area contributed by atoms with Crippen molar-refractivity contribution < 1.29 is 27.5 Å². The lowest BCUT2D eigenvalue weighted by molar-refractivity contribution is -0.148. The Morgan fingerprint density at radius 1 is 0.971 bits per heavy atom. The molecule has 180 valence electrons. The second-order valence-electron chi connectivity index (χ2n) is 8.52. The van der Waals surface area contributed by atoms with Crippen LogP contribution in [0.5, 0.6) is 5.75 Å². The van der Waals surface area contributed by atoms with E-state index in [1.54, 1.807) is 72.8 Å². The molecular formula is C26H24N2O6S. The van der Waals surface area contributed by atoms with Gasteiger partial charge in [0.2, 0.25) is 6.10 Å². The number of anilines is 2. The van der Waals surface area contributed by atoms with Gasteiger partial charge in [0.25, 0.3) is 15.9 Å². The molecular weight excluding hydrogens is 468 g/mol. The number of carbonyl (C=O) groups excluding carboxylic acids is 2. The molecule has 2 atom stereocenters. The van der Waals surface area contributed by atoms with E-state index in [-0.39, 0.29) is 23.4 Å². The highest BCUT2D eigenvalue weighted by atomic mass is 32.2. The third-order valence-corrected chi connectivity index (χ3v) is 8.20. The Morgan fingerprint density at radius 2 is 1.69 bits per heavy atom. The molecule has 3 aromatic carbocycles. The number of benzene rings is 3. The van der Waals surface area contributed by atoms with Crippen LogP contribution in [0.2, 0.25) is 0 Å². The van der Waals surface area contributed by atoms with E-state index in [0.717, 1.165) is 5.56 Å². The van der Waals surface area contributed by atoms with Crippen molar-refractivity contribution in [3.8, 4) is 5.75 Å². The third kappa shape index (κ3) is 3.91. The second-order valence-corrected chi connectivity index (χ2v) is 10.3. The number of ether oxygens (including phenoxy) is 2. The molecule has 3 aromatic rings. The van der Waals surface area contributed by atoms with Crippen LogP contribution in [0.4, 0.5) is 11.4 Å². The molecule has 0 fully saturated rings. The van der Waals surface area contributed by atoms with Crippen LogP contribution >= 0.6 is 0 Å². The van der Waals surface area contributed by atoms with Gasteiger partial charge in [0.05, 0.1) is 29.9 Å². The van der Waals surface area contributed by atoms with Crippen molar-refractivity contribution >= 4 is 33.3 Å². The van der Waals surface area contributed by atoms with Crippen LogP contribution in [0, 0.1) is 0 Å². The van der Waals surface area contributed by atoms with Crippen molar-refractivity contribution in [3.63, 3.8) is 0 Å². The number of nitrogens with zero attached hydrogens (tertiary/aromatic N) is 2. The summed E-state index contributed by atoms with van der Waals surface area (Å²) in [5.41, 5.74) is 2.29. The first-order valence-corrected chi connectivity index (χ1v) is 12.6. The number of methoxy groups -OCH3 is 1. The first kappa shape index (κ1) is 22.9. The fraction of sp³-hybridized carbons (Fsp3) is 0.231. The number of carbonyl (C=O) groups is 2. The molecule has 0 N–H and O–H groups in total. The molecule has 0 saturated carbocycles. The van der Waals surface area contributed by atoms with Crippen LogP contribution < -0.4 is 13.9 Å². The van der Waals surface area contributed by atoms with Gasteiger partial charge in [-0.05, 0) is 61.4 Å². The van der Waals surface area contributed by atoms with E-state index in [2.05, 4.69) is 0 Å². The highest BCUT2D eigenvalue weighted by molar-refractivity contribution is 7.92. The minimum absolute atomic E-state index is 0.00448. The summed E-state index contributed by atoms with van der Waals surface area (Å²) in [6.45, 7) is 1.85. The monoisotopic (exact) mass is 492 g/mol. The number of fused-ring (bicyclic) bond motifs is 2. The lowest BCUT2D eigenvalue weighted by Gasteiger charge is -2.33. The average Bonchev–Trinajstić information content (AvgIpc) is 3.23. The predicted molar refractivity (Wildman–Crippen MR) is 130 cm³/mol. The number of sulfonamides is 1. The van der Waals surface area contributed by atoms with Crippen LogP contribution in [-0.2, 0) is 26.0 Å². The number of para-hydroxylation sites is 2. The standard InChI is InChI=1S/C26H24N2O6S/c1-17-14-19-15-18(12-13-21(19)28(17)35(31,32)20-8-4-3-5-9-20)25(29)27-16-24(26(30)33-2)34-23-11-7-6-10-22(23)27/h3-13,15,17,24H,14,16H2,1-2H3/t17-,24+/m1/s1. The SMILES string of the molecule is COC(=O)[C@@H]1CN(C(=O)c2ccc3c(c2)C[C@@H](C)N3S(=O)(=O)c2ccccc2)c2ccccc2O1. The molecule has 2 aliphatic heterocycles. The van der Waals surface area contributed by atoms with Gasteiger partial charge in [-0.25, -0.2) is 13.2 Å². The largest absolute Gasteiger partial charge is 0.475 e. The summed E-state index contributed by atoms with van der Waals surface area (Å²) in [6, 6.07) is 20.0. The molecule has 0 aromatic heterocycles. The zero-order chi connectivity index (χ0) is 24.7. The van der Waals surface area contributed by atoms with Gasteiger partial charge in [-0.15, -0.1) is 0 Å². The quantitative estimate of drug-likeness (QED) is 0.519. The van der Waals surface area contributed by atoms with Crippen molar-refractivity contribution in [1.82, 2.24) is 0 Å². The Balaban J connectivity index is 1.49. The zero-order valence-corrected chi connectivity index (χ0v) is 20.1. The van der Waals surface area contributed by atoms with Crippen LogP contribution in [0.25, 0.3) is 0 Å². The highest BCUT2D eigenvalue weighted by Gasteiger charge is 2.38. The summed E-state index contributed by atoms with van der Waals surface area (Å²) in [5, 5.41) is 0. The second kappa shape index (κ2) is 8.74. The van der Waals surface area contributed by atoms with Gasteiger partial charge in [-0.3, -0.25) is 9.10 Å². The van der Waals surface area contributed by atoms with Gasteiger partial charge < -0.3 is 14.4 Å². The topological polar surface area (TPSA) is 93.2 Å². The van der Waals surface area contributed by atoms with E-state index in [9.17, 15) is 18.0 Å². The van der Waals surface area contributed by atoms with Gasteiger partial charge in [0.1, 0.15) is 5.75 Å². The van der Waals surface area contributed by atoms with Crippen LogP contribution in [0.1, 0.15) is 22.8 Å². The Kier molecular flexibility index (Phi) is 5.72. The summed E-state index contributed by atoms with van der Waals surface area (Å²) in [7, 11) is -2.47. The molecule has 0 radical (unpaired) electrons. The summed E-state index contributed by atoms with van der Waals surface area (Å²) < 4.78 is 38.7. The molecule has 2 heterocycles. The minimum Gasteiger partial charge on any atom is -0.475 e. The van der Waals surface area contributed by atoms with E-state index in [1.165, 1.54) is 16.3 Å². The van der Waals surface area contributed by atoms with Crippen molar-refractivity contribution in [2.24, 2.45) is 0 Å². The third-order valence-electron chi connectivity index (χ3n) is 6.26. The minimum atomic E-state index is -3.74. The number of amides is 1. The van der Waals surface area contributed by atoms with E-state index in [1.807, 2.05) is 6.92 Å². The van der Waals surface area contributed by atoms with Crippen molar-refractivity contribution in [2.75, 3.05) is 22.9 Å². The number of hydrogen-bond acceptors (Lipinski definition) is 6. The fourth-order valence-corrected chi connectivity index (χ4v) is 6.36. The Labute approximate surface area is 203 Å². The van der Waals surface area contributed by atoms with E-state index < -0.39 is 22.1 Å². The van der Waals surface area contributed by atoms with Gasteiger partial charge in [0, 0.05) is 11.6 Å². The lowest BCUT2D eigenvalue weighted by atomic mass is 10.0. The van der Waals surface area contributed by atoms with Gasteiger partial charge in [-0.1, -0.05) is 30.3 Å². The summed E-state index contributed by atoms with van der Waals surface area (Å²) in [5.74, 6) is -0.464. The van der Waals surface area contributed by atoms with E-state index in [0.29, 0.717) is 29.1 Å². The molecule has 0 unspecified atom stereocenters. The van der Waals surface area contributed by atoms with Gasteiger partial charge in [-0.2, -0.15) is 0 Å². The molecule has 8 nitrogen and oxygen atoms in total. The molecule has 5 rings (SSSR count). The Bertz CT molecular complexity index is 1410.